The summed E-state index contributed by atoms with van der Waals surface area (Å²) in [4.78, 5) is 25.2. The van der Waals surface area contributed by atoms with Crippen molar-refractivity contribution in [3.63, 3.8) is 0 Å². The second-order valence-corrected chi connectivity index (χ2v) is 7.14. The quantitative estimate of drug-likeness (QED) is 0.881. The molecule has 24 heavy (non-hydrogen) atoms. The van der Waals surface area contributed by atoms with Crippen LogP contribution in [0.15, 0.2) is 18.2 Å². The molecule has 6 nitrogen and oxygen atoms in total. The first kappa shape index (κ1) is 17.8. The van der Waals surface area contributed by atoms with E-state index in [4.69, 9.17) is 4.74 Å². The van der Waals surface area contributed by atoms with E-state index < -0.39 is 17.6 Å². The van der Waals surface area contributed by atoms with Gasteiger partial charge in [-0.05, 0) is 59.2 Å². The second kappa shape index (κ2) is 6.19. The van der Waals surface area contributed by atoms with E-state index in [1.54, 1.807) is 32.9 Å². The number of phenolic OH excluding ortho intramolecular Hbond substituents is 1. The number of rotatable bonds is 2. The molecule has 0 radical (unpaired) electrons. The first-order chi connectivity index (χ1) is 11.0. The van der Waals surface area contributed by atoms with Gasteiger partial charge in [0.1, 0.15) is 17.0 Å². The smallest absolute Gasteiger partial charge is 0.419 e. The highest BCUT2D eigenvalue weighted by Gasteiger charge is 2.27. The molecule has 0 saturated carbocycles. The van der Waals surface area contributed by atoms with Crippen LogP contribution in [0, 0.1) is 6.92 Å². The summed E-state index contributed by atoms with van der Waals surface area (Å²) in [6, 6.07) is 4.67. The highest BCUT2D eigenvalue weighted by molar-refractivity contribution is 6.06. The fourth-order valence-electron chi connectivity index (χ4n) is 2.47. The zero-order valence-corrected chi connectivity index (χ0v) is 14.9. The topological polar surface area (TPSA) is 80.6 Å². The molecule has 0 saturated heterocycles. The van der Waals surface area contributed by atoms with Gasteiger partial charge in [-0.1, -0.05) is 6.07 Å². The van der Waals surface area contributed by atoms with E-state index in [1.165, 1.54) is 10.6 Å². The number of benzene rings is 1. The second-order valence-electron chi connectivity index (χ2n) is 7.14. The Labute approximate surface area is 141 Å². The zero-order valence-electron chi connectivity index (χ0n) is 14.9. The van der Waals surface area contributed by atoms with Crippen molar-refractivity contribution in [3.05, 3.63) is 29.5 Å². The normalized spacial score (nSPS) is 11.8. The van der Waals surface area contributed by atoms with Crippen LogP contribution < -0.4 is 5.32 Å². The van der Waals surface area contributed by atoms with Crippen LogP contribution in [0.4, 0.5) is 4.79 Å². The molecular formula is C18H24N2O4. The number of nitrogens with one attached hydrogen (secondary N) is 1. The van der Waals surface area contributed by atoms with Gasteiger partial charge in [0, 0.05) is 11.4 Å². The van der Waals surface area contributed by atoms with Gasteiger partial charge in [-0.2, -0.15) is 0 Å². The molecule has 0 aliphatic heterocycles. The lowest BCUT2D eigenvalue weighted by molar-refractivity contribution is 0.0533. The average molecular weight is 332 g/mol. The molecule has 0 bridgehead atoms. The molecule has 1 heterocycles. The van der Waals surface area contributed by atoms with Crippen LogP contribution in [0.2, 0.25) is 0 Å². The molecule has 2 N–H and O–H groups in total. The summed E-state index contributed by atoms with van der Waals surface area (Å²) in [5.41, 5.74) is 0.664. The summed E-state index contributed by atoms with van der Waals surface area (Å²) in [5, 5.41) is 13.3. The third kappa shape index (κ3) is 3.53. The third-order valence-corrected chi connectivity index (χ3v) is 3.37. The predicted molar refractivity (Wildman–Crippen MR) is 92.6 cm³/mol. The molecule has 1 aromatic heterocycles. The number of amides is 1. The van der Waals surface area contributed by atoms with Gasteiger partial charge >= 0.3 is 6.09 Å². The van der Waals surface area contributed by atoms with Crippen molar-refractivity contribution >= 4 is 22.9 Å². The van der Waals surface area contributed by atoms with Crippen LogP contribution in [0.3, 0.4) is 0 Å². The minimum absolute atomic E-state index is 0.0107. The molecule has 2 aromatic rings. The molecule has 0 aliphatic carbocycles. The van der Waals surface area contributed by atoms with Gasteiger partial charge in [-0.15, -0.1) is 0 Å². The maximum Gasteiger partial charge on any atom is 0.419 e. The number of nitrogens with zero attached hydrogens (tertiary/aromatic N) is 1. The maximum atomic E-state index is 12.7. The fourth-order valence-corrected chi connectivity index (χ4v) is 2.47. The Kier molecular flexibility index (Phi) is 4.60. The first-order valence-electron chi connectivity index (χ1n) is 7.89. The Morgan fingerprint density at radius 2 is 1.88 bits per heavy atom. The minimum atomic E-state index is -0.704. The van der Waals surface area contributed by atoms with Gasteiger partial charge in [-0.3, -0.25) is 4.79 Å². The molecular weight excluding hydrogens is 308 g/mol. The van der Waals surface area contributed by atoms with Gasteiger partial charge in [0.25, 0.3) is 5.91 Å². The van der Waals surface area contributed by atoms with E-state index in [0.717, 1.165) is 5.56 Å². The van der Waals surface area contributed by atoms with Crippen LogP contribution in [-0.2, 0) is 4.74 Å². The largest absolute Gasteiger partial charge is 0.507 e. The van der Waals surface area contributed by atoms with E-state index >= 15 is 0 Å². The van der Waals surface area contributed by atoms with Crippen LogP contribution in [0.25, 0.3) is 10.9 Å². The van der Waals surface area contributed by atoms with Gasteiger partial charge in [0.2, 0.25) is 0 Å². The minimum Gasteiger partial charge on any atom is -0.507 e. The van der Waals surface area contributed by atoms with E-state index in [0.29, 0.717) is 10.9 Å². The number of aromatic nitrogens is 1. The highest BCUT2D eigenvalue weighted by Crippen LogP contribution is 2.31. The van der Waals surface area contributed by atoms with Crippen LogP contribution in [0.5, 0.6) is 5.75 Å². The zero-order chi connectivity index (χ0) is 18.2. The van der Waals surface area contributed by atoms with Crippen molar-refractivity contribution in [2.45, 2.75) is 53.2 Å². The predicted octanol–water partition coefficient (Wildman–Crippen LogP) is 3.58. The van der Waals surface area contributed by atoms with Crippen LogP contribution in [-0.4, -0.2) is 33.3 Å². The number of aryl methyl sites for hydroxylation is 1. The molecule has 0 unspecified atom stereocenters. The Morgan fingerprint density at radius 1 is 1.25 bits per heavy atom. The maximum absolute atomic E-state index is 12.7. The Bertz CT molecular complexity index is 797. The van der Waals surface area contributed by atoms with Crippen molar-refractivity contribution in [2.75, 3.05) is 0 Å². The lowest BCUT2D eigenvalue weighted by atomic mass is 10.1. The van der Waals surface area contributed by atoms with E-state index in [-0.39, 0.29) is 17.5 Å². The number of aromatic hydroxyl groups is 1. The Balaban J connectivity index is 2.70. The summed E-state index contributed by atoms with van der Waals surface area (Å²) < 4.78 is 6.67. The van der Waals surface area contributed by atoms with Gasteiger partial charge in [0.15, 0.2) is 0 Å². The summed E-state index contributed by atoms with van der Waals surface area (Å²) in [5.74, 6) is -0.387. The molecule has 0 aliphatic rings. The summed E-state index contributed by atoms with van der Waals surface area (Å²) >= 11 is 0. The SMILES string of the molecule is Cc1ccc(O)c2cc(C(=O)NC(C)C)n(C(=O)OC(C)(C)C)c12. The first-order valence-corrected chi connectivity index (χ1v) is 7.89. The Morgan fingerprint density at radius 3 is 2.42 bits per heavy atom. The molecule has 1 amide bonds. The van der Waals surface area contributed by atoms with Crippen molar-refractivity contribution in [1.82, 2.24) is 9.88 Å². The van der Waals surface area contributed by atoms with Crippen molar-refractivity contribution in [1.29, 1.82) is 0 Å². The molecule has 2 rings (SSSR count). The number of phenols is 1. The van der Waals surface area contributed by atoms with Crippen LogP contribution in [0.1, 0.15) is 50.7 Å². The van der Waals surface area contributed by atoms with Crippen molar-refractivity contribution in [2.24, 2.45) is 0 Å². The third-order valence-electron chi connectivity index (χ3n) is 3.37. The molecule has 0 spiro atoms. The number of hydrogen-bond acceptors (Lipinski definition) is 4. The lowest BCUT2D eigenvalue weighted by Crippen LogP contribution is -2.34. The molecule has 0 atom stereocenters. The number of carbonyl (C=O) groups excluding carboxylic acids is 2. The summed E-state index contributed by atoms with van der Waals surface area (Å²) in [6.45, 7) is 10.8. The number of fused-ring (bicyclic) bond motifs is 1. The molecule has 0 fully saturated rings. The van der Waals surface area contributed by atoms with Gasteiger partial charge < -0.3 is 15.2 Å². The average Bonchev–Trinajstić information content (AvgIpc) is 2.82. The molecule has 130 valence electrons. The monoisotopic (exact) mass is 332 g/mol. The van der Waals surface area contributed by atoms with Crippen LogP contribution >= 0.6 is 0 Å². The van der Waals surface area contributed by atoms with Crippen molar-refractivity contribution < 1.29 is 19.4 Å². The Hall–Kier alpha value is -2.50. The standard InChI is InChI=1S/C18H24N2O4/c1-10(2)19-16(22)13-9-12-14(21)8-7-11(3)15(12)20(13)17(23)24-18(4,5)6/h7-10,21H,1-6H3,(H,19,22). The fraction of sp³-hybridized carbons (Fsp3) is 0.444. The molecule has 6 heteroatoms. The summed E-state index contributed by atoms with van der Waals surface area (Å²) in [6.07, 6.45) is -0.653. The summed E-state index contributed by atoms with van der Waals surface area (Å²) in [7, 11) is 0. The van der Waals surface area contributed by atoms with E-state index in [9.17, 15) is 14.7 Å². The number of hydrogen-bond donors (Lipinski definition) is 2. The molecule has 1 aromatic carbocycles. The highest BCUT2D eigenvalue weighted by atomic mass is 16.6. The lowest BCUT2D eigenvalue weighted by Gasteiger charge is -2.21. The van der Waals surface area contributed by atoms with Gasteiger partial charge in [-0.25, -0.2) is 9.36 Å². The number of ether oxygens (including phenoxy) is 1. The van der Waals surface area contributed by atoms with E-state index in [2.05, 4.69) is 5.32 Å². The number of carbonyl (C=O) groups is 2. The van der Waals surface area contributed by atoms with Gasteiger partial charge in [0.05, 0.1) is 5.52 Å². The van der Waals surface area contributed by atoms with Crippen molar-refractivity contribution in [3.8, 4) is 5.75 Å². The van der Waals surface area contributed by atoms with E-state index in [1.807, 2.05) is 20.8 Å².